The van der Waals surface area contributed by atoms with Gasteiger partial charge in [0.2, 0.25) is 0 Å². The van der Waals surface area contributed by atoms with Crippen LogP contribution in [0.25, 0.3) is 0 Å². The topological polar surface area (TPSA) is 82.1 Å². The Morgan fingerprint density at radius 2 is 2.05 bits per heavy atom. The van der Waals surface area contributed by atoms with Crippen molar-refractivity contribution in [3.8, 4) is 5.75 Å². The number of benzene rings is 1. The number of carboxylic acid groups (broad SMARTS) is 1. The molecule has 0 aliphatic carbocycles. The Labute approximate surface area is 113 Å². The van der Waals surface area contributed by atoms with Gasteiger partial charge in [-0.1, -0.05) is 12.1 Å². The van der Waals surface area contributed by atoms with Gasteiger partial charge in [-0.3, -0.25) is 13.2 Å². The van der Waals surface area contributed by atoms with Gasteiger partial charge in [0.1, 0.15) is 18.0 Å². The zero-order valence-electron chi connectivity index (χ0n) is 10.3. The highest BCUT2D eigenvalue weighted by atomic mass is 32.2. The van der Waals surface area contributed by atoms with Crippen molar-refractivity contribution in [3.05, 3.63) is 29.8 Å². The molecule has 1 saturated heterocycles. The second-order valence-electron chi connectivity index (χ2n) is 4.06. The van der Waals surface area contributed by atoms with Crippen molar-refractivity contribution in [2.24, 2.45) is 0 Å². The molecule has 1 aromatic carbocycles. The van der Waals surface area contributed by atoms with E-state index in [9.17, 15) is 9.00 Å². The molecule has 104 valence electrons. The summed E-state index contributed by atoms with van der Waals surface area (Å²) < 4.78 is 26.6. The summed E-state index contributed by atoms with van der Waals surface area (Å²) in [6.07, 6.45) is -0.855. The Morgan fingerprint density at radius 1 is 1.37 bits per heavy atom. The Morgan fingerprint density at radius 3 is 2.63 bits per heavy atom. The lowest BCUT2D eigenvalue weighted by atomic mass is 10.0. The summed E-state index contributed by atoms with van der Waals surface area (Å²) >= 11 is -1.83. The molecule has 0 radical (unpaired) electrons. The number of hydrogen-bond donors (Lipinski definition) is 1. The normalized spacial score (nSPS) is 26.3. The zero-order chi connectivity index (χ0) is 13.8. The van der Waals surface area contributed by atoms with Crippen LogP contribution in [0.1, 0.15) is 24.5 Å². The third-order valence-electron chi connectivity index (χ3n) is 2.81. The van der Waals surface area contributed by atoms with Crippen molar-refractivity contribution in [2.45, 2.75) is 25.0 Å². The van der Waals surface area contributed by atoms with Gasteiger partial charge in [-0.05, 0) is 24.1 Å². The van der Waals surface area contributed by atoms with Gasteiger partial charge < -0.3 is 9.84 Å². The molecule has 7 heteroatoms. The van der Waals surface area contributed by atoms with Crippen LogP contribution in [0.3, 0.4) is 0 Å². The van der Waals surface area contributed by atoms with E-state index in [1.54, 1.807) is 31.4 Å². The van der Waals surface area contributed by atoms with Crippen LogP contribution in [-0.4, -0.2) is 28.5 Å². The standard InChI is InChI=1S/C12H14O6S/c1-16-9-4-2-8(3-5-9)12-10(6-7-11(13)14)17-19(15)18-12/h2-5,10,12H,6-7H2,1H3,(H,13,14)/t10-,12+,19?/m1/s1. The molecule has 1 heterocycles. The van der Waals surface area contributed by atoms with E-state index in [1.807, 2.05) is 0 Å². The fraction of sp³-hybridized carbons (Fsp3) is 0.417. The first-order valence-electron chi connectivity index (χ1n) is 5.72. The lowest BCUT2D eigenvalue weighted by Crippen LogP contribution is -2.16. The van der Waals surface area contributed by atoms with E-state index < -0.39 is 29.5 Å². The first kappa shape index (κ1) is 14.0. The van der Waals surface area contributed by atoms with Crippen molar-refractivity contribution >= 4 is 17.3 Å². The van der Waals surface area contributed by atoms with Crippen molar-refractivity contribution < 1.29 is 27.2 Å². The number of carboxylic acids is 1. The van der Waals surface area contributed by atoms with Crippen LogP contribution >= 0.6 is 0 Å². The number of hydrogen-bond acceptors (Lipinski definition) is 5. The summed E-state index contributed by atoms with van der Waals surface area (Å²) in [5.41, 5.74) is 0.780. The van der Waals surface area contributed by atoms with Gasteiger partial charge in [-0.15, -0.1) is 0 Å². The highest BCUT2D eigenvalue weighted by molar-refractivity contribution is 7.75. The molecule has 1 aliphatic rings. The van der Waals surface area contributed by atoms with Crippen LogP contribution in [0.5, 0.6) is 5.75 Å². The average molecular weight is 286 g/mol. The highest BCUT2D eigenvalue weighted by Gasteiger charge is 2.36. The van der Waals surface area contributed by atoms with Crippen LogP contribution < -0.4 is 4.74 Å². The molecular formula is C12H14O6S. The van der Waals surface area contributed by atoms with E-state index in [4.69, 9.17) is 18.2 Å². The molecule has 0 spiro atoms. The van der Waals surface area contributed by atoms with Gasteiger partial charge in [-0.25, -0.2) is 0 Å². The van der Waals surface area contributed by atoms with Crippen LogP contribution in [0.15, 0.2) is 24.3 Å². The maximum atomic E-state index is 11.3. The molecular weight excluding hydrogens is 272 g/mol. The minimum absolute atomic E-state index is 0.0577. The predicted octanol–water partition coefficient (Wildman–Crippen LogP) is 1.60. The molecule has 1 aliphatic heterocycles. The van der Waals surface area contributed by atoms with Gasteiger partial charge in [0.25, 0.3) is 0 Å². The molecule has 1 unspecified atom stereocenters. The molecule has 0 amide bonds. The first-order chi connectivity index (χ1) is 9.10. The smallest absolute Gasteiger partial charge is 0.305 e. The molecule has 0 aromatic heterocycles. The van der Waals surface area contributed by atoms with E-state index in [1.165, 1.54) is 0 Å². The second-order valence-corrected chi connectivity index (χ2v) is 4.85. The molecule has 19 heavy (non-hydrogen) atoms. The summed E-state index contributed by atoms with van der Waals surface area (Å²) in [5, 5.41) is 8.68. The molecule has 2 rings (SSSR count). The average Bonchev–Trinajstić information content (AvgIpc) is 2.78. The monoisotopic (exact) mass is 286 g/mol. The maximum Gasteiger partial charge on any atom is 0.305 e. The summed E-state index contributed by atoms with van der Waals surface area (Å²) in [5.74, 6) is -0.222. The lowest BCUT2D eigenvalue weighted by molar-refractivity contribution is -0.137. The van der Waals surface area contributed by atoms with Crippen LogP contribution in [-0.2, 0) is 24.5 Å². The van der Waals surface area contributed by atoms with Gasteiger partial charge >= 0.3 is 17.3 Å². The minimum atomic E-state index is -1.83. The first-order valence-corrected chi connectivity index (χ1v) is 6.72. The lowest BCUT2D eigenvalue weighted by Gasteiger charge is -2.14. The van der Waals surface area contributed by atoms with Crippen molar-refractivity contribution in [2.75, 3.05) is 7.11 Å². The number of aliphatic carboxylic acids is 1. The molecule has 1 aromatic rings. The quantitative estimate of drug-likeness (QED) is 0.885. The number of methoxy groups -OCH3 is 1. The van der Waals surface area contributed by atoms with E-state index in [-0.39, 0.29) is 12.8 Å². The van der Waals surface area contributed by atoms with E-state index in [2.05, 4.69) is 0 Å². The van der Waals surface area contributed by atoms with Gasteiger partial charge in [-0.2, -0.15) is 4.21 Å². The van der Waals surface area contributed by atoms with Crippen LogP contribution in [0.2, 0.25) is 0 Å². The van der Waals surface area contributed by atoms with Crippen LogP contribution in [0, 0.1) is 0 Å². The summed E-state index contributed by atoms with van der Waals surface area (Å²) in [6.45, 7) is 0. The second kappa shape index (κ2) is 6.14. The van der Waals surface area contributed by atoms with E-state index >= 15 is 0 Å². The highest BCUT2D eigenvalue weighted by Crippen LogP contribution is 2.34. The Bertz CT molecular complexity index is 472. The summed E-state index contributed by atoms with van der Waals surface area (Å²) in [4.78, 5) is 10.6. The van der Waals surface area contributed by atoms with Crippen molar-refractivity contribution in [1.82, 2.24) is 0 Å². The SMILES string of the molecule is COc1ccc([C@@H]2OS(=O)O[C@@H]2CCC(=O)O)cc1. The molecule has 1 fully saturated rings. The van der Waals surface area contributed by atoms with E-state index in [0.717, 1.165) is 5.56 Å². The Balaban J connectivity index is 2.10. The number of rotatable bonds is 5. The largest absolute Gasteiger partial charge is 0.497 e. The van der Waals surface area contributed by atoms with Gasteiger partial charge in [0, 0.05) is 6.42 Å². The van der Waals surface area contributed by atoms with E-state index in [0.29, 0.717) is 5.75 Å². The molecule has 0 saturated carbocycles. The molecule has 3 atom stereocenters. The third kappa shape index (κ3) is 3.52. The Hall–Kier alpha value is -1.44. The van der Waals surface area contributed by atoms with Crippen molar-refractivity contribution in [1.29, 1.82) is 0 Å². The number of carbonyl (C=O) groups is 1. The minimum Gasteiger partial charge on any atom is -0.497 e. The van der Waals surface area contributed by atoms with Crippen LogP contribution in [0.4, 0.5) is 0 Å². The third-order valence-corrected chi connectivity index (χ3v) is 3.58. The fourth-order valence-corrected chi connectivity index (χ4v) is 2.70. The Kier molecular flexibility index (Phi) is 4.52. The number of ether oxygens (including phenoxy) is 1. The van der Waals surface area contributed by atoms with Crippen molar-refractivity contribution in [3.63, 3.8) is 0 Å². The van der Waals surface area contributed by atoms with Gasteiger partial charge in [0.05, 0.1) is 7.11 Å². The zero-order valence-corrected chi connectivity index (χ0v) is 11.1. The summed E-state index contributed by atoms with van der Waals surface area (Å²) in [7, 11) is 1.56. The molecule has 0 bridgehead atoms. The van der Waals surface area contributed by atoms with Gasteiger partial charge in [0.15, 0.2) is 0 Å². The predicted molar refractivity (Wildman–Crippen MR) is 66.7 cm³/mol. The summed E-state index contributed by atoms with van der Waals surface area (Å²) in [6, 6.07) is 7.08. The molecule has 1 N–H and O–H groups in total. The maximum absolute atomic E-state index is 11.3. The fourth-order valence-electron chi connectivity index (χ4n) is 1.85. The molecule has 6 nitrogen and oxygen atoms in total.